The molecule has 0 saturated carbocycles. The van der Waals surface area contributed by atoms with Gasteiger partial charge in [0.1, 0.15) is 18.7 Å². The average molecular weight is 512 g/mol. The molecule has 1 atom stereocenters. The van der Waals surface area contributed by atoms with E-state index in [0.717, 1.165) is 29.0 Å². The summed E-state index contributed by atoms with van der Waals surface area (Å²) in [6.45, 7) is 6.38. The molecule has 0 aromatic heterocycles. The van der Waals surface area contributed by atoms with Gasteiger partial charge in [-0.2, -0.15) is 13.2 Å². The van der Waals surface area contributed by atoms with Crippen LogP contribution < -0.4 is 26.6 Å². The van der Waals surface area contributed by atoms with E-state index in [0.29, 0.717) is 23.9 Å². The first-order valence-electron chi connectivity index (χ1n) is 11.7. The second-order valence-corrected chi connectivity index (χ2v) is 8.89. The van der Waals surface area contributed by atoms with Crippen molar-refractivity contribution in [3.05, 3.63) is 82.3 Å². The van der Waals surface area contributed by atoms with E-state index in [2.05, 4.69) is 36.6 Å². The van der Waals surface area contributed by atoms with Crippen molar-refractivity contribution in [1.29, 1.82) is 0 Å². The third-order valence-electron chi connectivity index (χ3n) is 5.62. The van der Waals surface area contributed by atoms with E-state index < -0.39 is 17.6 Å². The standard InChI is InChI=1S/C26H28F3N7O/c1-15(2)34-23-11-22(31-14-32-23)20-12-30-13-33-24(20)36-21-10-19(8-7-16(21)3)35-25(37)17-5-4-6-18(9-17)26(27,28)29/h4-12,14-15,23,33-34,36H,13H2,1-3H3,(H,31,32)(H,35,37). The molecule has 8 nitrogen and oxygen atoms in total. The first-order chi connectivity index (χ1) is 17.6. The van der Waals surface area contributed by atoms with Crippen molar-refractivity contribution in [2.75, 3.05) is 17.3 Å². The van der Waals surface area contributed by atoms with Crippen LogP contribution in [0.4, 0.5) is 24.5 Å². The zero-order valence-electron chi connectivity index (χ0n) is 20.6. The van der Waals surface area contributed by atoms with E-state index in [4.69, 9.17) is 0 Å². The molecule has 0 bridgehead atoms. The second-order valence-electron chi connectivity index (χ2n) is 8.89. The van der Waals surface area contributed by atoms with Crippen molar-refractivity contribution in [2.45, 2.75) is 39.2 Å². The summed E-state index contributed by atoms with van der Waals surface area (Å²) >= 11 is 0. The minimum atomic E-state index is -4.53. The van der Waals surface area contributed by atoms with E-state index in [1.54, 1.807) is 24.7 Å². The van der Waals surface area contributed by atoms with E-state index in [1.807, 2.05) is 32.9 Å². The highest BCUT2D eigenvalue weighted by Gasteiger charge is 2.31. The molecule has 0 fully saturated rings. The molecule has 1 unspecified atom stereocenters. The summed E-state index contributed by atoms with van der Waals surface area (Å²) in [5, 5.41) is 15.8. The molecule has 0 spiro atoms. The van der Waals surface area contributed by atoms with Crippen molar-refractivity contribution < 1.29 is 18.0 Å². The van der Waals surface area contributed by atoms with Gasteiger partial charge in [0.25, 0.3) is 5.91 Å². The molecule has 37 heavy (non-hydrogen) atoms. The summed E-state index contributed by atoms with van der Waals surface area (Å²) < 4.78 is 39.1. The number of aliphatic imine (C=N–C) groups is 2. The van der Waals surface area contributed by atoms with Crippen LogP contribution in [-0.2, 0) is 6.18 Å². The molecule has 11 heteroatoms. The van der Waals surface area contributed by atoms with Crippen molar-refractivity contribution in [1.82, 2.24) is 16.0 Å². The van der Waals surface area contributed by atoms with Crippen LogP contribution in [-0.4, -0.2) is 37.3 Å². The Morgan fingerprint density at radius 2 is 1.97 bits per heavy atom. The van der Waals surface area contributed by atoms with E-state index >= 15 is 0 Å². The summed E-state index contributed by atoms with van der Waals surface area (Å²) in [7, 11) is 0. The highest BCUT2D eigenvalue weighted by molar-refractivity contribution is 6.04. The lowest BCUT2D eigenvalue weighted by atomic mass is 10.1. The minimum absolute atomic E-state index is 0.0819. The monoisotopic (exact) mass is 511 g/mol. The number of rotatable bonds is 7. The van der Waals surface area contributed by atoms with Gasteiger partial charge in [-0.3, -0.25) is 20.1 Å². The molecule has 2 heterocycles. The number of carbonyl (C=O) groups excluding carboxylic acids is 1. The van der Waals surface area contributed by atoms with Gasteiger partial charge in [0.15, 0.2) is 0 Å². The van der Waals surface area contributed by atoms with Crippen LogP contribution in [0.15, 0.2) is 75.6 Å². The number of alkyl halides is 3. The molecule has 2 aliphatic rings. The van der Waals surface area contributed by atoms with Crippen LogP contribution in [0.25, 0.3) is 0 Å². The molecule has 0 radical (unpaired) electrons. The Kier molecular flexibility index (Phi) is 7.63. The zero-order valence-corrected chi connectivity index (χ0v) is 20.6. The number of nitrogens with zero attached hydrogens (tertiary/aromatic N) is 2. The van der Waals surface area contributed by atoms with Crippen LogP contribution in [0.5, 0.6) is 0 Å². The van der Waals surface area contributed by atoms with E-state index in [-0.39, 0.29) is 17.8 Å². The van der Waals surface area contributed by atoms with Crippen molar-refractivity contribution in [2.24, 2.45) is 9.98 Å². The SMILES string of the molecule is Cc1ccc(NC(=O)c2cccc(C(F)(F)F)c2)cc1NC1=C(C2=CC(NC(C)C)N=CN2)C=NCN1. The number of amides is 1. The number of halogens is 3. The van der Waals surface area contributed by atoms with Crippen LogP contribution in [0, 0.1) is 6.92 Å². The van der Waals surface area contributed by atoms with Crippen LogP contribution in [0.2, 0.25) is 0 Å². The minimum Gasteiger partial charge on any atom is -0.352 e. The summed E-state index contributed by atoms with van der Waals surface area (Å²) in [6.07, 6.45) is 0.652. The Bertz CT molecular complexity index is 1300. The number of carbonyl (C=O) groups is 1. The number of allylic oxidation sites excluding steroid dienone is 1. The summed E-state index contributed by atoms with van der Waals surface area (Å²) in [5.41, 5.74) is 2.70. The number of hydrogen-bond acceptors (Lipinski definition) is 7. The van der Waals surface area contributed by atoms with Crippen LogP contribution in [0.3, 0.4) is 0 Å². The molecule has 4 rings (SSSR count). The van der Waals surface area contributed by atoms with Gasteiger partial charge in [0.05, 0.1) is 23.2 Å². The highest BCUT2D eigenvalue weighted by Crippen LogP contribution is 2.30. The van der Waals surface area contributed by atoms with E-state index in [1.165, 1.54) is 12.1 Å². The number of nitrogens with one attached hydrogen (secondary N) is 5. The molecule has 0 saturated heterocycles. The first kappa shape index (κ1) is 26.0. The van der Waals surface area contributed by atoms with Gasteiger partial charge >= 0.3 is 6.18 Å². The molecule has 194 valence electrons. The fourth-order valence-electron chi connectivity index (χ4n) is 3.78. The maximum Gasteiger partial charge on any atom is 0.416 e. The van der Waals surface area contributed by atoms with Crippen LogP contribution >= 0.6 is 0 Å². The Balaban J connectivity index is 1.56. The molecular weight excluding hydrogens is 483 g/mol. The second kappa shape index (κ2) is 10.9. The Labute approximate surface area is 212 Å². The molecule has 5 N–H and O–H groups in total. The fourth-order valence-corrected chi connectivity index (χ4v) is 3.78. The maximum atomic E-state index is 13.0. The molecule has 2 aromatic carbocycles. The molecule has 0 aliphatic carbocycles. The molecule has 2 aromatic rings. The first-order valence-corrected chi connectivity index (χ1v) is 11.7. The Morgan fingerprint density at radius 3 is 2.73 bits per heavy atom. The van der Waals surface area contributed by atoms with Gasteiger partial charge in [-0.1, -0.05) is 12.1 Å². The lowest BCUT2D eigenvalue weighted by Crippen LogP contribution is -2.37. The molecule has 2 aliphatic heterocycles. The summed E-state index contributed by atoms with van der Waals surface area (Å²) in [4.78, 5) is 21.4. The average Bonchev–Trinajstić information content (AvgIpc) is 2.86. The van der Waals surface area contributed by atoms with Crippen molar-refractivity contribution in [3.63, 3.8) is 0 Å². The van der Waals surface area contributed by atoms with Gasteiger partial charge < -0.3 is 21.3 Å². The predicted octanol–water partition coefficient (Wildman–Crippen LogP) is 4.36. The van der Waals surface area contributed by atoms with Crippen LogP contribution in [0.1, 0.15) is 35.3 Å². The fraction of sp³-hybridized carbons (Fsp3) is 0.269. The smallest absolute Gasteiger partial charge is 0.352 e. The van der Waals surface area contributed by atoms with Crippen molar-refractivity contribution >= 4 is 29.8 Å². The number of aryl methyl sites for hydroxylation is 1. The Hall–Kier alpha value is -4.12. The van der Waals surface area contributed by atoms with Gasteiger partial charge in [-0.05, 0) is 62.7 Å². The van der Waals surface area contributed by atoms with E-state index in [9.17, 15) is 18.0 Å². The normalized spacial score (nSPS) is 17.3. The maximum absolute atomic E-state index is 13.0. The predicted molar refractivity (Wildman–Crippen MR) is 139 cm³/mol. The Morgan fingerprint density at radius 1 is 1.16 bits per heavy atom. The number of benzene rings is 2. The van der Waals surface area contributed by atoms with Gasteiger partial charge in [0, 0.05) is 29.2 Å². The third kappa shape index (κ3) is 6.56. The third-order valence-corrected chi connectivity index (χ3v) is 5.62. The quantitative estimate of drug-likeness (QED) is 0.380. The van der Waals surface area contributed by atoms with Gasteiger partial charge in [0.2, 0.25) is 0 Å². The highest BCUT2D eigenvalue weighted by atomic mass is 19.4. The topological polar surface area (TPSA) is 102 Å². The van der Waals surface area contributed by atoms with Gasteiger partial charge in [-0.25, -0.2) is 0 Å². The molecule has 1 amide bonds. The summed E-state index contributed by atoms with van der Waals surface area (Å²) in [6, 6.07) is 9.81. The molecular formula is C26H28F3N7O. The lowest BCUT2D eigenvalue weighted by Gasteiger charge is -2.25. The lowest BCUT2D eigenvalue weighted by molar-refractivity contribution is -0.137. The number of hydrogen-bond donors (Lipinski definition) is 5. The largest absolute Gasteiger partial charge is 0.416 e. The summed E-state index contributed by atoms with van der Waals surface area (Å²) in [5.74, 6) is 0.0695. The zero-order chi connectivity index (χ0) is 26.6. The van der Waals surface area contributed by atoms with Crippen molar-refractivity contribution in [3.8, 4) is 0 Å². The van der Waals surface area contributed by atoms with Gasteiger partial charge in [-0.15, -0.1) is 0 Å². The number of anilines is 2.